The Morgan fingerprint density at radius 3 is 1.18 bits per heavy atom. The molecule has 1 heterocycles. The number of rotatable bonds is 0. The van der Waals surface area contributed by atoms with E-state index in [1.165, 1.54) is 0 Å². The van der Waals surface area contributed by atoms with Crippen LogP contribution in [0.3, 0.4) is 0 Å². The molecule has 0 fully saturated rings. The van der Waals surface area contributed by atoms with Gasteiger partial charge in [0, 0.05) is 44.6 Å². The van der Waals surface area contributed by atoms with Gasteiger partial charge in [-0.25, -0.2) is 0 Å². The molecule has 2 nitrogen and oxygen atoms in total. The molecule has 22 heavy (non-hydrogen) atoms. The Bertz CT molecular complexity index is 648. The summed E-state index contributed by atoms with van der Waals surface area (Å²) in [7, 11) is -1.84. The van der Waals surface area contributed by atoms with E-state index < -0.39 is 21.6 Å². The van der Waals surface area contributed by atoms with Crippen molar-refractivity contribution < 1.29 is 8.42 Å². The Balaban J connectivity index is 2.07. The minimum Gasteiger partial charge on any atom is -0.259 e. The normalized spacial score (nSPS) is 21.7. The predicted octanol–water partition coefficient (Wildman–Crippen LogP) is 3.51. The van der Waals surface area contributed by atoms with Crippen molar-refractivity contribution in [2.45, 2.75) is 36.9 Å². The molecule has 0 spiro atoms. The number of benzene rings is 2. The molecule has 0 N–H and O–H groups in total. The first-order chi connectivity index (χ1) is 10.5. The Hall–Kier alpha value is -1.26. The van der Waals surface area contributed by atoms with E-state index in [0.717, 1.165) is 33.4 Å². The highest BCUT2D eigenvalue weighted by molar-refractivity contribution is 7.83. The highest BCUT2D eigenvalue weighted by Gasteiger charge is 2.15. The van der Waals surface area contributed by atoms with Crippen molar-refractivity contribution in [2.75, 3.05) is 0 Å². The molecule has 1 aliphatic rings. The Morgan fingerprint density at radius 2 is 0.909 bits per heavy atom. The van der Waals surface area contributed by atoms with Crippen molar-refractivity contribution in [1.82, 2.24) is 0 Å². The second kappa shape index (κ2) is 6.47. The van der Waals surface area contributed by atoms with Gasteiger partial charge in [0.05, 0.1) is 0 Å². The van der Waals surface area contributed by atoms with E-state index in [-0.39, 0.29) is 0 Å². The van der Waals surface area contributed by atoms with Gasteiger partial charge in [-0.1, -0.05) is 36.4 Å². The molecule has 1 aliphatic heterocycles. The molecule has 2 aromatic carbocycles. The smallest absolute Gasteiger partial charge is 0.0491 e. The van der Waals surface area contributed by atoms with E-state index in [2.05, 4.69) is 13.8 Å². The number of hydrogen-bond donors (Lipinski definition) is 0. The monoisotopic (exact) mass is 332 g/mol. The van der Waals surface area contributed by atoms with Crippen molar-refractivity contribution >= 4 is 21.6 Å². The van der Waals surface area contributed by atoms with E-state index in [1.807, 2.05) is 36.4 Å². The standard InChI is InChI=1S/C18H20O2S2/c1-13-15-5-3-6-16(13)10-22(20)12-18-8-4-7-17(14(18)2)11-21(19)9-15/h3-8H,9-12H2,1-2H3. The van der Waals surface area contributed by atoms with Gasteiger partial charge >= 0.3 is 0 Å². The Kier molecular flexibility index (Phi) is 4.59. The van der Waals surface area contributed by atoms with E-state index in [1.54, 1.807) is 0 Å². The van der Waals surface area contributed by atoms with Crippen LogP contribution in [0.25, 0.3) is 0 Å². The van der Waals surface area contributed by atoms with Gasteiger partial charge in [0.15, 0.2) is 0 Å². The van der Waals surface area contributed by atoms with Gasteiger partial charge in [0.25, 0.3) is 0 Å². The average Bonchev–Trinajstić information content (AvgIpc) is 2.47. The van der Waals surface area contributed by atoms with Gasteiger partial charge in [-0.05, 0) is 47.2 Å². The minimum absolute atomic E-state index is 0.565. The van der Waals surface area contributed by atoms with Gasteiger partial charge in [0.2, 0.25) is 0 Å². The summed E-state index contributed by atoms with van der Waals surface area (Å²) in [5, 5.41) is 0. The molecule has 0 saturated heterocycles. The van der Waals surface area contributed by atoms with Crippen molar-refractivity contribution in [3.63, 3.8) is 0 Å². The molecular formula is C18H20O2S2. The van der Waals surface area contributed by atoms with Gasteiger partial charge in [-0.15, -0.1) is 0 Å². The van der Waals surface area contributed by atoms with Crippen LogP contribution >= 0.6 is 0 Å². The topological polar surface area (TPSA) is 34.1 Å². The summed E-state index contributed by atoms with van der Waals surface area (Å²) >= 11 is 0. The molecule has 0 unspecified atom stereocenters. The first-order valence-electron chi connectivity index (χ1n) is 7.39. The SMILES string of the molecule is Cc1c2cccc1CS(=O)Cc1cccc(c1C)CS(=O)C2. The molecule has 0 radical (unpaired) electrons. The maximum atomic E-state index is 12.5. The van der Waals surface area contributed by atoms with Gasteiger partial charge < -0.3 is 0 Å². The fourth-order valence-corrected chi connectivity index (χ4v) is 5.74. The second-order valence-electron chi connectivity index (χ2n) is 5.86. The first kappa shape index (κ1) is 15.6. The molecule has 0 amide bonds. The van der Waals surface area contributed by atoms with Crippen LogP contribution in [-0.2, 0) is 44.6 Å². The number of hydrogen-bond acceptors (Lipinski definition) is 2. The van der Waals surface area contributed by atoms with Crippen molar-refractivity contribution in [1.29, 1.82) is 0 Å². The zero-order chi connectivity index (χ0) is 15.7. The summed E-state index contributed by atoms with van der Waals surface area (Å²) in [6, 6.07) is 12.1. The maximum absolute atomic E-state index is 12.5. The molecule has 4 bridgehead atoms. The van der Waals surface area contributed by atoms with Gasteiger partial charge in [0.1, 0.15) is 0 Å². The lowest BCUT2D eigenvalue weighted by atomic mass is 10.0. The molecular weight excluding hydrogens is 312 g/mol. The molecule has 0 saturated carbocycles. The van der Waals surface area contributed by atoms with Gasteiger partial charge in [-0.2, -0.15) is 0 Å². The summed E-state index contributed by atoms with van der Waals surface area (Å²) in [5.41, 5.74) is 6.74. The summed E-state index contributed by atoms with van der Waals surface area (Å²) in [6.07, 6.45) is 0. The highest BCUT2D eigenvalue weighted by atomic mass is 32.2. The minimum atomic E-state index is -0.922. The van der Waals surface area contributed by atoms with Crippen LogP contribution in [0.5, 0.6) is 0 Å². The Labute approximate surface area is 136 Å². The van der Waals surface area contributed by atoms with Crippen LogP contribution in [0.4, 0.5) is 0 Å². The lowest BCUT2D eigenvalue weighted by Crippen LogP contribution is -2.09. The molecule has 0 atom stereocenters. The van der Waals surface area contributed by atoms with E-state index in [4.69, 9.17) is 0 Å². The van der Waals surface area contributed by atoms with Crippen LogP contribution in [0.15, 0.2) is 36.4 Å². The van der Waals surface area contributed by atoms with Crippen LogP contribution < -0.4 is 0 Å². The van der Waals surface area contributed by atoms with Crippen LogP contribution in [0, 0.1) is 13.8 Å². The fraction of sp³-hybridized carbons (Fsp3) is 0.333. The molecule has 2 aromatic rings. The molecule has 0 aromatic heterocycles. The third kappa shape index (κ3) is 3.23. The van der Waals surface area contributed by atoms with E-state index >= 15 is 0 Å². The van der Waals surface area contributed by atoms with Crippen molar-refractivity contribution in [3.8, 4) is 0 Å². The predicted molar refractivity (Wildman–Crippen MR) is 93.5 cm³/mol. The van der Waals surface area contributed by atoms with Gasteiger partial charge in [-0.3, -0.25) is 8.42 Å². The van der Waals surface area contributed by atoms with Crippen molar-refractivity contribution in [2.24, 2.45) is 0 Å². The average molecular weight is 332 g/mol. The summed E-state index contributed by atoms with van der Waals surface area (Å²) in [5.74, 6) is 2.26. The summed E-state index contributed by atoms with van der Waals surface area (Å²) in [6.45, 7) is 4.10. The molecule has 4 heteroatoms. The zero-order valence-corrected chi connectivity index (χ0v) is 14.6. The summed E-state index contributed by atoms with van der Waals surface area (Å²) < 4.78 is 25.1. The maximum Gasteiger partial charge on any atom is 0.0491 e. The lowest BCUT2D eigenvalue weighted by molar-refractivity contribution is 0.681. The Morgan fingerprint density at radius 1 is 0.636 bits per heavy atom. The van der Waals surface area contributed by atoms with E-state index in [0.29, 0.717) is 23.0 Å². The van der Waals surface area contributed by atoms with E-state index in [9.17, 15) is 8.42 Å². The van der Waals surface area contributed by atoms with Crippen LogP contribution in [0.1, 0.15) is 33.4 Å². The quantitative estimate of drug-likeness (QED) is 0.740. The summed E-state index contributed by atoms with van der Waals surface area (Å²) in [4.78, 5) is 0. The first-order valence-corrected chi connectivity index (χ1v) is 10.4. The lowest BCUT2D eigenvalue weighted by Gasteiger charge is -2.16. The molecule has 0 aliphatic carbocycles. The van der Waals surface area contributed by atoms with Crippen LogP contribution in [0.2, 0.25) is 0 Å². The third-order valence-electron chi connectivity index (χ3n) is 4.38. The third-order valence-corrected chi connectivity index (χ3v) is 6.91. The highest BCUT2D eigenvalue weighted by Crippen LogP contribution is 2.23. The largest absolute Gasteiger partial charge is 0.259 e. The van der Waals surface area contributed by atoms with Crippen molar-refractivity contribution in [3.05, 3.63) is 69.8 Å². The number of fused-ring (bicyclic) bond motifs is 4. The zero-order valence-electron chi connectivity index (χ0n) is 12.9. The molecule has 3 rings (SSSR count). The van der Waals surface area contributed by atoms with Crippen LogP contribution in [-0.4, -0.2) is 8.42 Å². The fourth-order valence-electron chi connectivity index (χ4n) is 2.89. The second-order valence-corrected chi connectivity index (χ2v) is 8.77. The molecule has 116 valence electrons.